The molecular weight excluding hydrogens is 234 g/mol. The van der Waals surface area contributed by atoms with Gasteiger partial charge in [0.15, 0.2) is 8.24 Å². The molecule has 1 amide bonds. The van der Waals surface area contributed by atoms with E-state index >= 15 is 0 Å². The van der Waals surface area contributed by atoms with Gasteiger partial charge in [-0.1, -0.05) is 33.9 Å². The summed E-state index contributed by atoms with van der Waals surface area (Å²) in [6, 6.07) is -0.670. The Morgan fingerprint density at radius 3 is 2.06 bits per heavy atom. The highest BCUT2D eigenvalue weighted by atomic mass is 28.3. The van der Waals surface area contributed by atoms with Gasteiger partial charge >= 0.3 is 5.97 Å². The number of carboxylic acid groups (broad SMARTS) is 1. The molecule has 1 heterocycles. The lowest BCUT2D eigenvalue weighted by molar-refractivity contribution is -0.172. The Hall–Kier alpha value is -0.843. The van der Waals surface area contributed by atoms with E-state index in [-0.39, 0.29) is 10.9 Å². The minimum absolute atomic E-state index is 0.0171. The topological polar surface area (TPSA) is 57.6 Å². The normalized spacial score (nSPS) is 24.5. The zero-order valence-corrected chi connectivity index (χ0v) is 12.8. The van der Waals surface area contributed by atoms with Crippen LogP contribution in [0.3, 0.4) is 0 Å². The van der Waals surface area contributed by atoms with Crippen LogP contribution in [-0.2, 0) is 9.59 Å². The number of hydrogen-bond donors (Lipinski definition) is 1. The molecule has 1 atom stereocenters. The Morgan fingerprint density at radius 1 is 1.35 bits per heavy atom. The van der Waals surface area contributed by atoms with Crippen molar-refractivity contribution in [3.63, 3.8) is 0 Å². The van der Waals surface area contributed by atoms with Crippen molar-refractivity contribution >= 4 is 20.1 Å². The second-order valence-corrected chi connectivity index (χ2v) is 12.0. The SMILES string of the molecule is CC1(C)C(=O)N([Si](C)(C)C(C)(C)C)[C@@H]1C(=O)O. The Bertz CT molecular complexity index is 368. The van der Waals surface area contributed by atoms with E-state index < -0.39 is 25.7 Å². The third kappa shape index (κ3) is 1.80. The average molecular weight is 257 g/mol. The summed E-state index contributed by atoms with van der Waals surface area (Å²) in [5.74, 6) is -0.907. The van der Waals surface area contributed by atoms with Gasteiger partial charge in [-0.15, -0.1) is 0 Å². The fourth-order valence-corrected chi connectivity index (χ4v) is 4.76. The highest BCUT2D eigenvalue weighted by Crippen LogP contribution is 2.49. The first-order valence-electron chi connectivity index (χ1n) is 5.91. The van der Waals surface area contributed by atoms with Crippen molar-refractivity contribution in [3.8, 4) is 0 Å². The van der Waals surface area contributed by atoms with Crippen molar-refractivity contribution in [1.82, 2.24) is 4.57 Å². The van der Waals surface area contributed by atoms with E-state index in [1.807, 2.05) is 0 Å². The lowest BCUT2D eigenvalue weighted by atomic mass is 9.76. The number of carbonyl (C=O) groups is 2. The van der Waals surface area contributed by atoms with Gasteiger partial charge in [-0.05, 0) is 18.9 Å². The number of hydrogen-bond acceptors (Lipinski definition) is 2. The van der Waals surface area contributed by atoms with E-state index in [9.17, 15) is 14.7 Å². The van der Waals surface area contributed by atoms with Gasteiger partial charge in [0.05, 0.1) is 5.41 Å². The maximum absolute atomic E-state index is 12.2. The molecule has 4 nitrogen and oxygen atoms in total. The van der Waals surface area contributed by atoms with Crippen molar-refractivity contribution in [3.05, 3.63) is 0 Å². The smallest absolute Gasteiger partial charge is 0.326 e. The Balaban J connectivity index is 3.17. The molecule has 1 N–H and O–H groups in total. The second-order valence-electron chi connectivity index (χ2n) is 6.95. The Kier molecular flexibility index (Phi) is 2.99. The molecule has 1 aliphatic heterocycles. The number of rotatable bonds is 2. The van der Waals surface area contributed by atoms with Gasteiger partial charge in [0.25, 0.3) is 0 Å². The van der Waals surface area contributed by atoms with Gasteiger partial charge in [-0.3, -0.25) is 4.79 Å². The van der Waals surface area contributed by atoms with Gasteiger partial charge in [-0.25, -0.2) is 4.79 Å². The summed E-state index contributed by atoms with van der Waals surface area (Å²) in [5, 5.41) is 9.28. The number of carbonyl (C=O) groups excluding carboxylic acids is 1. The first-order chi connectivity index (χ1) is 7.35. The predicted octanol–water partition coefficient (Wildman–Crippen LogP) is 2.31. The zero-order chi connectivity index (χ0) is 13.8. The lowest BCUT2D eigenvalue weighted by Crippen LogP contribution is -2.78. The molecular formula is C12H23NO3Si. The minimum Gasteiger partial charge on any atom is -0.480 e. The van der Waals surface area contributed by atoms with Crippen LogP contribution in [0, 0.1) is 5.41 Å². The third-order valence-electron chi connectivity index (χ3n) is 4.38. The number of aliphatic carboxylic acids is 1. The molecule has 0 spiro atoms. The molecule has 98 valence electrons. The summed E-state index contributed by atoms with van der Waals surface area (Å²) in [7, 11) is -2.10. The molecule has 0 aromatic rings. The number of amides is 1. The monoisotopic (exact) mass is 257 g/mol. The van der Waals surface area contributed by atoms with Crippen LogP contribution in [0.4, 0.5) is 0 Å². The van der Waals surface area contributed by atoms with Gasteiger partial charge in [0, 0.05) is 0 Å². The van der Waals surface area contributed by atoms with Crippen LogP contribution in [0.5, 0.6) is 0 Å². The van der Waals surface area contributed by atoms with Crippen molar-refractivity contribution in [1.29, 1.82) is 0 Å². The van der Waals surface area contributed by atoms with Crippen LogP contribution in [0.2, 0.25) is 18.1 Å². The van der Waals surface area contributed by atoms with E-state index in [4.69, 9.17) is 0 Å². The zero-order valence-electron chi connectivity index (χ0n) is 11.8. The molecule has 1 aliphatic rings. The fraction of sp³-hybridized carbons (Fsp3) is 0.833. The van der Waals surface area contributed by atoms with Gasteiger partial charge in [0.1, 0.15) is 6.04 Å². The van der Waals surface area contributed by atoms with Crippen molar-refractivity contribution in [2.75, 3.05) is 0 Å². The average Bonchev–Trinajstić information content (AvgIpc) is 2.09. The molecule has 0 unspecified atom stereocenters. The largest absolute Gasteiger partial charge is 0.480 e. The summed E-state index contributed by atoms with van der Waals surface area (Å²) in [4.78, 5) is 23.5. The van der Waals surface area contributed by atoms with Crippen molar-refractivity contribution < 1.29 is 14.7 Å². The van der Waals surface area contributed by atoms with Crippen LogP contribution >= 0.6 is 0 Å². The molecule has 0 aromatic heterocycles. The molecule has 1 saturated heterocycles. The van der Waals surface area contributed by atoms with E-state index in [1.165, 1.54) is 0 Å². The summed E-state index contributed by atoms with van der Waals surface area (Å²) in [5.41, 5.74) is -0.763. The molecule has 0 aromatic carbocycles. The molecule has 1 rings (SSSR count). The first kappa shape index (κ1) is 14.2. The molecule has 1 fully saturated rings. The highest BCUT2D eigenvalue weighted by molar-refractivity contribution is 6.80. The maximum Gasteiger partial charge on any atom is 0.326 e. The summed E-state index contributed by atoms with van der Waals surface area (Å²) < 4.78 is 1.66. The van der Waals surface area contributed by atoms with E-state index in [0.717, 1.165) is 0 Å². The van der Waals surface area contributed by atoms with Crippen LogP contribution < -0.4 is 0 Å². The van der Waals surface area contributed by atoms with E-state index in [0.29, 0.717) is 0 Å². The number of carboxylic acids is 1. The van der Waals surface area contributed by atoms with Gasteiger partial charge in [-0.2, -0.15) is 0 Å². The first-order valence-corrected chi connectivity index (χ1v) is 8.86. The quantitative estimate of drug-likeness (QED) is 0.610. The van der Waals surface area contributed by atoms with Crippen LogP contribution in [-0.4, -0.2) is 35.8 Å². The van der Waals surface area contributed by atoms with Gasteiger partial charge in [0.2, 0.25) is 5.91 Å². The van der Waals surface area contributed by atoms with Crippen LogP contribution in [0.1, 0.15) is 34.6 Å². The number of β-lactam (4-membered cyclic amide) rings is 1. The second kappa shape index (κ2) is 3.57. The minimum atomic E-state index is -2.10. The predicted molar refractivity (Wildman–Crippen MR) is 69.2 cm³/mol. The Labute approximate surface area is 104 Å². The summed E-state index contributed by atoms with van der Waals surface area (Å²) >= 11 is 0. The highest BCUT2D eigenvalue weighted by Gasteiger charge is 2.64. The molecule has 5 heteroatoms. The number of nitrogens with zero attached hydrogens (tertiary/aromatic N) is 1. The molecule has 0 radical (unpaired) electrons. The fourth-order valence-electron chi connectivity index (χ4n) is 2.16. The summed E-state index contributed by atoms with van der Waals surface area (Å²) in [6.07, 6.45) is 0. The third-order valence-corrected chi connectivity index (χ3v) is 9.72. The maximum atomic E-state index is 12.2. The van der Waals surface area contributed by atoms with Gasteiger partial charge < -0.3 is 9.67 Å². The van der Waals surface area contributed by atoms with Crippen LogP contribution in [0.25, 0.3) is 0 Å². The van der Waals surface area contributed by atoms with E-state index in [1.54, 1.807) is 18.4 Å². The summed E-state index contributed by atoms with van der Waals surface area (Å²) in [6.45, 7) is 13.8. The molecule has 0 bridgehead atoms. The Morgan fingerprint density at radius 2 is 1.76 bits per heavy atom. The lowest BCUT2D eigenvalue weighted by Gasteiger charge is -2.60. The molecule has 17 heavy (non-hydrogen) atoms. The standard InChI is InChI=1S/C12H23NO3Si/c1-11(2,3)17(6,7)13-8(9(14)15)12(4,5)10(13)16/h8H,1-7H3,(H,14,15)/t8-/m1/s1. The van der Waals surface area contributed by atoms with E-state index in [2.05, 4.69) is 33.9 Å². The van der Waals surface area contributed by atoms with Crippen molar-refractivity contribution in [2.45, 2.75) is 58.8 Å². The van der Waals surface area contributed by atoms with Crippen molar-refractivity contribution in [2.24, 2.45) is 5.41 Å². The molecule has 0 aliphatic carbocycles. The molecule has 0 saturated carbocycles. The van der Waals surface area contributed by atoms with Crippen LogP contribution in [0.15, 0.2) is 0 Å².